The molecular weight excluding hydrogens is 432 g/mol. The molecule has 4 heterocycles. The first-order valence-electron chi connectivity index (χ1n) is 11.4. The number of fused-ring (bicyclic) bond motifs is 13. The number of rotatable bonds is 3. The maximum Gasteiger partial charge on any atom is 0.209 e. The molecule has 2 saturated heterocycles. The summed E-state index contributed by atoms with van der Waals surface area (Å²) in [7, 11) is 3.13. The lowest BCUT2D eigenvalue weighted by molar-refractivity contribution is -0.282. The highest BCUT2D eigenvalue weighted by atomic mass is 16.7. The number of ether oxygens (including phenoxy) is 4. The van der Waals surface area contributed by atoms with Crippen LogP contribution in [0.5, 0.6) is 0 Å². The van der Waals surface area contributed by atoms with Gasteiger partial charge in [-0.1, -0.05) is 78.9 Å². The van der Waals surface area contributed by atoms with E-state index in [9.17, 15) is 9.59 Å². The average Bonchev–Trinajstić information content (AvgIpc) is 3.35. The van der Waals surface area contributed by atoms with Crippen molar-refractivity contribution in [3.8, 4) is 0 Å². The molecule has 0 radical (unpaired) electrons. The number of methoxy groups -OCH3 is 2. The Bertz CT molecular complexity index is 1370. The Labute approximate surface area is 196 Å². The zero-order chi connectivity index (χ0) is 23.3. The highest BCUT2D eigenvalue weighted by Crippen LogP contribution is 2.73. The van der Waals surface area contributed by atoms with E-state index in [0.717, 1.165) is 5.56 Å². The molecule has 170 valence electrons. The predicted octanol–water partition coefficient (Wildman–Crippen LogP) is 3.73. The third-order valence-electron chi connectivity index (χ3n) is 8.20. The molecule has 6 atom stereocenters. The summed E-state index contributed by atoms with van der Waals surface area (Å²) in [6.45, 7) is 0. The summed E-state index contributed by atoms with van der Waals surface area (Å²) in [6, 6.07) is 24.3. The molecule has 0 aromatic heterocycles. The maximum atomic E-state index is 14.1. The van der Waals surface area contributed by atoms with Gasteiger partial charge in [0.15, 0.2) is 11.6 Å². The molecule has 34 heavy (non-hydrogen) atoms. The van der Waals surface area contributed by atoms with Crippen LogP contribution in [0.15, 0.2) is 78.9 Å². The summed E-state index contributed by atoms with van der Waals surface area (Å²) in [5.41, 5.74) is 1.91. The third kappa shape index (κ3) is 1.92. The average molecular weight is 454 g/mol. The first-order chi connectivity index (χ1) is 16.6. The van der Waals surface area contributed by atoms with Crippen molar-refractivity contribution in [3.63, 3.8) is 0 Å². The molecule has 6 unspecified atom stereocenters. The van der Waals surface area contributed by atoms with Gasteiger partial charge in [0.25, 0.3) is 0 Å². The van der Waals surface area contributed by atoms with E-state index in [1.165, 1.54) is 0 Å². The second kappa shape index (κ2) is 6.49. The van der Waals surface area contributed by atoms with Gasteiger partial charge in [-0.05, 0) is 5.56 Å². The molecule has 0 amide bonds. The quantitative estimate of drug-likeness (QED) is 0.601. The molecule has 6 nitrogen and oxygen atoms in total. The normalized spacial score (nSPS) is 36.7. The van der Waals surface area contributed by atoms with Crippen LogP contribution < -0.4 is 0 Å². The number of hydrogen-bond acceptors (Lipinski definition) is 6. The smallest absolute Gasteiger partial charge is 0.209 e. The van der Waals surface area contributed by atoms with Gasteiger partial charge in [-0.25, -0.2) is 0 Å². The van der Waals surface area contributed by atoms with E-state index >= 15 is 0 Å². The summed E-state index contributed by atoms with van der Waals surface area (Å²) in [5, 5.41) is 0. The zero-order valence-electron chi connectivity index (χ0n) is 18.7. The van der Waals surface area contributed by atoms with E-state index in [4.69, 9.17) is 18.9 Å². The van der Waals surface area contributed by atoms with E-state index in [0.29, 0.717) is 22.3 Å². The minimum atomic E-state index is -1.43. The maximum absolute atomic E-state index is 14.1. The number of Topliss-reactive ketones (excluding diaryl/α,β-unsaturated/α-hetero) is 2. The van der Waals surface area contributed by atoms with Crippen molar-refractivity contribution in [3.05, 3.63) is 107 Å². The van der Waals surface area contributed by atoms with Gasteiger partial charge in [-0.3, -0.25) is 9.59 Å². The van der Waals surface area contributed by atoms with Crippen molar-refractivity contribution in [1.29, 1.82) is 0 Å². The molecule has 3 aromatic carbocycles. The second-order valence-corrected chi connectivity index (χ2v) is 9.26. The molecule has 3 aromatic rings. The Balaban J connectivity index is 1.67. The van der Waals surface area contributed by atoms with Gasteiger partial charge >= 0.3 is 0 Å². The zero-order valence-corrected chi connectivity index (χ0v) is 18.7. The fourth-order valence-electron chi connectivity index (χ4n) is 7.07. The van der Waals surface area contributed by atoms with Crippen molar-refractivity contribution in [2.45, 2.75) is 29.2 Å². The van der Waals surface area contributed by atoms with E-state index < -0.39 is 35.1 Å². The lowest BCUT2D eigenvalue weighted by atomic mass is 9.60. The Kier molecular flexibility index (Phi) is 3.86. The first-order valence-corrected chi connectivity index (χ1v) is 11.4. The van der Waals surface area contributed by atoms with Crippen LogP contribution in [0.2, 0.25) is 0 Å². The number of ketones is 2. The van der Waals surface area contributed by atoms with Gasteiger partial charge in [0.1, 0.15) is 12.2 Å². The summed E-state index contributed by atoms with van der Waals surface area (Å²) in [4.78, 5) is 28.0. The summed E-state index contributed by atoms with van der Waals surface area (Å²) in [6.07, 6.45) is -1.92. The van der Waals surface area contributed by atoms with E-state index in [1.54, 1.807) is 26.4 Å². The van der Waals surface area contributed by atoms with E-state index in [-0.39, 0.29) is 11.6 Å². The highest BCUT2D eigenvalue weighted by molar-refractivity contribution is 6.07. The van der Waals surface area contributed by atoms with Gasteiger partial charge in [-0.15, -0.1) is 0 Å². The number of hydrogen-bond donors (Lipinski definition) is 0. The van der Waals surface area contributed by atoms with Crippen LogP contribution in [0.25, 0.3) is 0 Å². The molecule has 0 saturated carbocycles. The van der Waals surface area contributed by atoms with Crippen LogP contribution >= 0.6 is 0 Å². The van der Waals surface area contributed by atoms with Crippen LogP contribution in [-0.2, 0) is 35.9 Å². The third-order valence-corrected chi connectivity index (χ3v) is 8.20. The van der Waals surface area contributed by atoms with E-state index in [1.807, 2.05) is 66.7 Å². The Morgan fingerprint density at radius 3 is 2.00 bits per heavy atom. The minimum absolute atomic E-state index is 0.163. The molecule has 0 N–H and O–H groups in total. The van der Waals surface area contributed by atoms with Crippen LogP contribution in [0.4, 0.5) is 0 Å². The van der Waals surface area contributed by atoms with Crippen LogP contribution in [-0.4, -0.2) is 38.0 Å². The van der Waals surface area contributed by atoms with Gasteiger partial charge in [0.05, 0.1) is 11.3 Å². The predicted molar refractivity (Wildman–Crippen MR) is 120 cm³/mol. The topological polar surface area (TPSA) is 71.1 Å². The van der Waals surface area contributed by atoms with Gasteiger partial charge in [0, 0.05) is 36.5 Å². The fourth-order valence-corrected chi connectivity index (χ4v) is 7.07. The highest BCUT2D eigenvalue weighted by Gasteiger charge is 2.86. The number of benzene rings is 3. The number of carbonyl (C=O) groups excluding carboxylic acids is 2. The van der Waals surface area contributed by atoms with Crippen LogP contribution in [0.3, 0.4) is 0 Å². The fraction of sp³-hybridized carbons (Fsp3) is 0.286. The Hall–Kier alpha value is -3.16. The van der Waals surface area contributed by atoms with Gasteiger partial charge < -0.3 is 18.9 Å². The van der Waals surface area contributed by atoms with Crippen molar-refractivity contribution in [2.75, 3.05) is 14.2 Å². The van der Waals surface area contributed by atoms with Gasteiger partial charge in [-0.2, -0.15) is 0 Å². The SMILES string of the molecule is COC12OC(C(=O)c3ccccc31)C1(c3ccccc3)C2C2OC1(OC)c1ccccc1C2=O. The molecule has 6 heteroatoms. The first kappa shape index (κ1) is 20.2. The Morgan fingerprint density at radius 1 is 0.706 bits per heavy atom. The molecule has 4 aliphatic heterocycles. The molecular formula is C28H22O6. The minimum Gasteiger partial charge on any atom is -0.349 e. The summed E-state index contributed by atoms with van der Waals surface area (Å²) >= 11 is 0. The van der Waals surface area contributed by atoms with Crippen molar-refractivity contribution in [2.24, 2.45) is 5.92 Å². The summed E-state index contributed by atoms with van der Waals surface area (Å²) in [5.74, 6) is -3.81. The van der Waals surface area contributed by atoms with Crippen molar-refractivity contribution < 1.29 is 28.5 Å². The monoisotopic (exact) mass is 454 g/mol. The molecule has 2 fully saturated rings. The molecule has 0 aliphatic carbocycles. The van der Waals surface area contributed by atoms with Crippen molar-refractivity contribution >= 4 is 11.6 Å². The largest absolute Gasteiger partial charge is 0.349 e. The van der Waals surface area contributed by atoms with Crippen LogP contribution in [0.1, 0.15) is 37.4 Å². The molecule has 4 bridgehead atoms. The Morgan fingerprint density at radius 2 is 1.32 bits per heavy atom. The van der Waals surface area contributed by atoms with Crippen molar-refractivity contribution in [1.82, 2.24) is 0 Å². The second-order valence-electron chi connectivity index (χ2n) is 9.26. The van der Waals surface area contributed by atoms with Crippen LogP contribution in [0, 0.1) is 5.92 Å². The molecule has 0 spiro atoms. The molecule has 4 aliphatic rings. The lowest BCUT2D eigenvalue weighted by Crippen LogP contribution is -2.57. The number of carbonyl (C=O) groups is 2. The lowest BCUT2D eigenvalue weighted by Gasteiger charge is -2.46. The van der Waals surface area contributed by atoms with Gasteiger partial charge in [0.2, 0.25) is 11.6 Å². The van der Waals surface area contributed by atoms with E-state index in [2.05, 4.69) is 0 Å². The molecule has 7 rings (SSSR count). The standard InChI is InChI=1S/C28H22O6/c1-31-27-19-14-8-6-12-17(19)22(30)25(34-27)26(16-10-4-3-5-11-16)24(27)23-21(29)18-13-7-9-15-20(18)28(26,32-2)33-23/h3-15,23-25H,1-2H3. The summed E-state index contributed by atoms with van der Waals surface area (Å²) < 4.78 is 25.8.